The number of carbonyl (C=O) groups excluding carboxylic acids is 1. The van der Waals surface area contributed by atoms with Crippen molar-refractivity contribution < 1.29 is 9.53 Å². The molecule has 0 aliphatic carbocycles. The molecule has 0 spiro atoms. The van der Waals surface area contributed by atoms with Gasteiger partial charge in [-0.15, -0.1) is 0 Å². The number of ether oxygens (including phenoxy) is 1. The first kappa shape index (κ1) is 15.4. The van der Waals surface area contributed by atoms with Crippen molar-refractivity contribution in [2.24, 2.45) is 11.7 Å². The maximum absolute atomic E-state index is 11.7. The fourth-order valence-corrected chi connectivity index (χ4v) is 2.50. The van der Waals surface area contributed by atoms with E-state index in [1.54, 1.807) is 0 Å². The first-order valence-corrected chi connectivity index (χ1v) is 7.34. The van der Waals surface area contributed by atoms with Crippen LogP contribution in [-0.2, 0) is 9.53 Å². The third-order valence-corrected chi connectivity index (χ3v) is 3.58. The molecule has 0 bridgehead atoms. The van der Waals surface area contributed by atoms with Crippen molar-refractivity contribution in [2.75, 3.05) is 19.7 Å². The van der Waals surface area contributed by atoms with E-state index in [1.165, 1.54) is 0 Å². The van der Waals surface area contributed by atoms with Crippen molar-refractivity contribution in [3.05, 3.63) is 0 Å². The van der Waals surface area contributed by atoms with Crippen molar-refractivity contribution >= 4 is 5.91 Å². The molecule has 1 heterocycles. The second kappa shape index (κ2) is 9.34. The van der Waals surface area contributed by atoms with Gasteiger partial charge in [-0.2, -0.15) is 0 Å². The SMILES string of the molecule is CCCC(CCN)CNC(=O)CCC1CCCO1. The van der Waals surface area contributed by atoms with Gasteiger partial charge in [0.2, 0.25) is 5.91 Å². The molecular formula is C14H28N2O2. The fourth-order valence-electron chi connectivity index (χ4n) is 2.50. The van der Waals surface area contributed by atoms with Crippen molar-refractivity contribution in [3.8, 4) is 0 Å². The van der Waals surface area contributed by atoms with E-state index in [0.29, 0.717) is 25.0 Å². The maximum atomic E-state index is 11.7. The lowest BCUT2D eigenvalue weighted by molar-refractivity contribution is -0.121. The van der Waals surface area contributed by atoms with Crippen LogP contribution in [0.4, 0.5) is 0 Å². The van der Waals surface area contributed by atoms with E-state index in [4.69, 9.17) is 10.5 Å². The summed E-state index contributed by atoms with van der Waals surface area (Å²) < 4.78 is 5.51. The van der Waals surface area contributed by atoms with Crippen molar-refractivity contribution in [2.45, 2.75) is 58.0 Å². The molecule has 2 atom stereocenters. The Hall–Kier alpha value is -0.610. The summed E-state index contributed by atoms with van der Waals surface area (Å²) in [5.41, 5.74) is 5.58. The molecule has 0 saturated carbocycles. The van der Waals surface area contributed by atoms with Crippen LogP contribution in [-0.4, -0.2) is 31.7 Å². The van der Waals surface area contributed by atoms with Crippen LogP contribution < -0.4 is 11.1 Å². The number of nitrogens with two attached hydrogens (primary N) is 1. The van der Waals surface area contributed by atoms with Crippen molar-refractivity contribution in [1.82, 2.24) is 5.32 Å². The van der Waals surface area contributed by atoms with E-state index in [-0.39, 0.29) is 5.91 Å². The van der Waals surface area contributed by atoms with Gasteiger partial charge in [-0.1, -0.05) is 13.3 Å². The van der Waals surface area contributed by atoms with Gasteiger partial charge < -0.3 is 15.8 Å². The summed E-state index contributed by atoms with van der Waals surface area (Å²) in [7, 11) is 0. The zero-order valence-electron chi connectivity index (χ0n) is 11.6. The van der Waals surface area contributed by atoms with Crippen LogP contribution >= 0.6 is 0 Å². The summed E-state index contributed by atoms with van der Waals surface area (Å²) >= 11 is 0. The molecule has 0 aromatic rings. The number of nitrogens with one attached hydrogen (secondary N) is 1. The Bertz CT molecular complexity index is 222. The van der Waals surface area contributed by atoms with Crippen molar-refractivity contribution in [1.29, 1.82) is 0 Å². The third kappa shape index (κ3) is 6.36. The van der Waals surface area contributed by atoms with Gasteiger partial charge in [0.15, 0.2) is 0 Å². The molecule has 4 nitrogen and oxygen atoms in total. The van der Waals surface area contributed by atoms with Crippen LogP contribution in [0, 0.1) is 5.92 Å². The van der Waals surface area contributed by atoms with Gasteiger partial charge >= 0.3 is 0 Å². The van der Waals surface area contributed by atoms with E-state index < -0.39 is 0 Å². The summed E-state index contributed by atoms with van der Waals surface area (Å²) in [6.07, 6.45) is 7.30. The molecule has 0 aromatic carbocycles. The monoisotopic (exact) mass is 256 g/mol. The molecule has 3 N–H and O–H groups in total. The lowest BCUT2D eigenvalue weighted by atomic mass is 10.00. The average Bonchev–Trinajstić information content (AvgIpc) is 2.87. The first-order valence-electron chi connectivity index (χ1n) is 7.34. The van der Waals surface area contributed by atoms with Crippen LogP contribution in [0.25, 0.3) is 0 Å². The van der Waals surface area contributed by atoms with Crippen molar-refractivity contribution in [3.63, 3.8) is 0 Å². The number of carbonyl (C=O) groups is 1. The molecule has 106 valence electrons. The molecule has 0 aromatic heterocycles. The lowest BCUT2D eigenvalue weighted by Crippen LogP contribution is -2.30. The zero-order chi connectivity index (χ0) is 13.2. The maximum Gasteiger partial charge on any atom is 0.220 e. The second-order valence-corrected chi connectivity index (χ2v) is 5.21. The van der Waals surface area contributed by atoms with Crippen LogP contribution in [0.3, 0.4) is 0 Å². The minimum Gasteiger partial charge on any atom is -0.378 e. The van der Waals surface area contributed by atoms with Gasteiger partial charge in [0.05, 0.1) is 6.10 Å². The summed E-state index contributed by atoms with van der Waals surface area (Å²) in [4.78, 5) is 11.7. The van der Waals surface area contributed by atoms with Crippen LogP contribution in [0.2, 0.25) is 0 Å². The zero-order valence-corrected chi connectivity index (χ0v) is 11.6. The van der Waals surface area contributed by atoms with E-state index >= 15 is 0 Å². The fraction of sp³-hybridized carbons (Fsp3) is 0.929. The summed E-state index contributed by atoms with van der Waals surface area (Å²) in [6.45, 7) is 4.51. The Morgan fingerprint density at radius 2 is 2.33 bits per heavy atom. The summed E-state index contributed by atoms with van der Waals surface area (Å²) in [5.74, 6) is 0.690. The minimum atomic E-state index is 0.156. The van der Waals surface area contributed by atoms with Crippen LogP contribution in [0.5, 0.6) is 0 Å². The molecule has 18 heavy (non-hydrogen) atoms. The Kier molecular flexibility index (Phi) is 8.01. The van der Waals surface area contributed by atoms with Gasteiger partial charge in [-0.3, -0.25) is 4.79 Å². The van der Waals surface area contributed by atoms with Crippen LogP contribution in [0.1, 0.15) is 51.9 Å². The molecule has 1 fully saturated rings. The Morgan fingerprint density at radius 1 is 1.50 bits per heavy atom. The highest BCUT2D eigenvalue weighted by molar-refractivity contribution is 5.75. The molecule has 2 unspecified atom stereocenters. The highest BCUT2D eigenvalue weighted by Crippen LogP contribution is 2.16. The molecule has 1 saturated heterocycles. The standard InChI is InChI=1S/C14H28N2O2/c1-2-4-12(8-9-15)11-16-14(17)7-6-13-5-3-10-18-13/h12-13H,2-11,15H2,1H3,(H,16,17). The molecule has 1 aliphatic rings. The van der Waals surface area contributed by atoms with Crippen LogP contribution in [0.15, 0.2) is 0 Å². The summed E-state index contributed by atoms with van der Waals surface area (Å²) in [5, 5.41) is 3.03. The topological polar surface area (TPSA) is 64.3 Å². The Labute approximate surface area is 111 Å². The summed E-state index contributed by atoms with van der Waals surface area (Å²) in [6, 6.07) is 0. The largest absolute Gasteiger partial charge is 0.378 e. The smallest absolute Gasteiger partial charge is 0.220 e. The molecule has 0 radical (unpaired) electrons. The quantitative estimate of drug-likeness (QED) is 0.661. The van der Waals surface area contributed by atoms with E-state index in [2.05, 4.69) is 12.2 Å². The predicted octanol–water partition coefficient (Wildman–Crippen LogP) is 1.83. The number of hydrogen-bond donors (Lipinski definition) is 2. The molecule has 1 amide bonds. The first-order chi connectivity index (χ1) is 8.76. The van der Waals surface area contributed by atoms with E-state index in [1.807, 2.05) is 0 Å². The highest BCUT2D eigenvalue weighted by atomic mass is 16.5. The predicted molar refractivity (Wildman–Crippen MR) is 73.3 cm³/mol. The molecular weight excluding hydrogens is 228 g/mol. The molecule has 4 heteroatoms. The van der Waals surface area contributed by atoms with E-state index in [9.17, 15) is 4.79 Å². The highest BCUT2D eigenvalue weighted by Gasteiger charge is 2.17. The van der Waals surface area contributed by atoms with Gasteiger partial charge in [0.1, 0.15) is 0 Å². The minimum absolute atomic E-state index is 0.156. The number of amides is 1. The normalized spacial score (nSPS) is 20.9. The molecule has 1 rings (SSSR count). The van der Waals surface area contributed by atoms with Gasteiger partial charge in [0.25, 0.3) is 0 Å². The van der Waals surface area contributed by atoms with Gasteiger partial charge in [-0.05, 0) is 44.6 Å². The van der Waals surface area contributed by atoms with Gasteiger partial charge in [0, 0.05) is 19.6 Å². The Morgan fingerprint density at radius 3 is 2.94 bits per heavy atom. The molecule has 1 aliphatic heterocycles. The average molecular weight is 256 g/mol. The lowest BCUT2D eigenvalue weighted by Gasteiger charge is -2.16. The van der Waals surface area contributed by atoms with Gasteiger partial charge in [-0.25, -0.2) is 0 Å². The second-order valence-electron chi connectivity index (χ2n) is 5.21. The Balaban J connectivity index is 2.10. The number of hydrogen-bond acceptors (Lipinski definition) is 3. The van der Waals surface area contributed by atoms with E-state index in [0.717, 1.165) is 51.7 Å². The third-order valence-electron chi connectivity index (χ3n) is 3.58. The number of rotatable bonds is 9.